The molecule has 5 rings (SSSR count). The molecule has 34 heavy (non-hydrogen) atoms. The number of thiazole rings is 1. The average Bonchev–Trinajstić information content (AvgIpc) is 3.56. The third-order valence-corrected chi connectivity index (χ3v) is 6.42. The standard InChI is InChI=1S/C25H19FN2O5S/c1-2-11-32-16-8-5-14(6-9-16)22(29)20-21(18-4-3-12-33-18)28(24(31)23(20)30)25-27-17-10-7-15(26)13-19(17)34-25/h3-10,12-13,21,29H,2,11H2,1H3/b22-20+. The van der Waals surface area contributed by atoms with Gasteiger partial charge in [0, 0.05) is 5.56 Å². The average molecular weight is 479 g/mol. The predicted molar refractivity (Wildman–Crippen MR) is 125 cm³/mol. The molecular weight excluding hydrogens is 459 g/mol. The van der Waals surface area contributed by atoms with Gasteiger partial charge in [-0.15, -0.1) is 0 Å². The molecule has 2 aromatic heterocycles. The zero-order valence-corrected chi connectivity index (χ0v) is 18.8. The summed E-state index contributed by atoms with van der Waals surface area (Å²) in [4.78, 5) is 31.9. The van der Waals surface area contributed by atoms with Gasteiger partial charge in [0.1, 0.15) is 29.1 Å². The van der Waals surface area contributed by atoms with Crippen molar-refractivity contribution in [2.45, 2.75) is 19.4 Å². The first-order valence-electron chi connectivity index (χ1n) is 10.6. The first-order valence-corrected chi connectivity index (χ1v) is 11.4. The Balaban J connectivity index is 1.62. The fraction of sp³-hybridized carbons (Fsp3) is 0.160. The van der Waals surface area contributed by atoms with Gasteiger partial charge in [-0.05, 0) is 61.0 Å². The molecule has 1 fully saturated rings. The smallest absolute Gasteiger partial charge is 0.302 e. The van der Waals surface area contributed by atoms with Crippen molar-refractivity contribution >= 4 is 44.1 Å². The molecule has 0 saturated carbocycles. The van der Waals surface area contributed by atoms with E-state index in [-0.39, 0.29) is 22.2 Å². The molecule has 1 atom stereocenters. The Kier molecular flexibility index (Phi) is 5.62. The lowest BCUT2D eigenvalue weighted by Crippen LogP contribution is -2.29. The van der Waals surface area contributed by atoms with Crippen molar-refractivity contribution in [1.82, 2.24) is 4.98 Å². The monoisotopic (exact) mass is 478 g/mol. The molecule has 0 bridgehead atoms. The second kappa shape index (κ2) is 8.75. The number of benzene rings is 2. The molecule has 1 N–H and O–H groups in total. The van der Waals surface area contributed by atoms with E-state index in [0.717, 1.165) is 17.8 Å². The van der Waals surface area contributed by atoms with Crippen LogP contribution in [0, 0.1) is 5.82 Å². The normalized spacial score (nSPS) is 17.6. The number of amides is 1. The van der Waals surface area contributed by atoms with Crippen LogP contribution in [0.25, 0.3) is 16.0 Å². The Labute approximate surface area is 197 Å². The van der Waals surface area contributed by atoms with E-state index in [9.17, 15) is 19.1 Å². The van der Waals surface area contributed by atoms with Crippen LogP contribution >= 0.6 is 11.3 Å². The molecule has 1 aliphatic heterocycles. The molecule has 9 heteroatoms. The van der Waals surface area contributed by atoms with Gasteiger partial charge in [-0.3, -0.25) is 14.5 Å². The van der Waals surface area contributed by atoms with Gasteiger partial charge >= 0.3 is 5.91 Å². The van der Waals surface area contributed by atoms with Crippen LogP contribution in [0.1, 0.15) is 30.7 Å². The quantitative estimate of drug-likeness (QED) is 0.225. The van der Waals surface area contributed by atoms with Gasteiger partial charge in [-0.25, -0.2) is 9.37 Å². The highest BCUT2D eigenvalue weighted by Crippen LogP contribution is 2.44. The zero-order chi connectivity index (χ0) is 23.8. The molecule has 2 aromatic carbocycles. The molecule has 7 nitrogen and oxygen atoms in total. The number of nitrogens with zero attached hydrogens (tertiary/aromatic N) is 2. The number of hydrogen-bond acceptors (Lipinski definition) is 7. The number of aliphatic hydroxyl groups excluding tert-OH is 1. The number of carbonyl (C=O) groups is 2. The van der Waals surface area contributed by atoms with E-state index in [1.54, 1.807) is 36.4 Å². The van der Waals surface area contributed by atoms with E-state index in [2.05, 4.69) is 4.98 Å². The minimum Gasteiger partial charge on any atom is -0.507 e. The van der Waals surface area contributed by atoms with Crippen LogP contribution in [0.15, 0.2) is 70.9 Å². The van der Waals surface area contributed by atoms with Crippen molar-refractivity contribution in [2.24, 2.45) is 0 Å². The molecule has 1 amide bonds. The lowest BCUT2D eigenvalue weighted by Gasteiger charge is -2.20. The number of furan rings is 1. The van der Waals surface area contributed by atoms with E-state index in [0.29, 0.717) is 28.1 Å². The molecule has 0 spiro atoms. The first-order chi connectivity index (χ1) is 16.5. The summed E-state index contributed by atoms with van der Waals surface area (Å²) in [5.74, 6) is -1.58. The van der Waals surface area contributed by atoms with Crippen molar-refractivity contribution in [2.75, 3.05) is 11.5 Å². The highest BCUT2D eigenvalue weighted by Gasteiger charge is 2.49. The number of aromatic nitrogens is 1. The molecule has 1 aliphatic rings. The van der Waals surface area contributed by atoms with Crippen molar-refractivity contribution in [1.29, 1.82) is 0 Å². The van der Waals surface area contributed by atoms with E-state index in [4.69, 9.17) is 9.15 Å². The van der Waals surface area contributed by atoms with Gasteiger partial charge in [0.15, 0.2) is 5.13 Å². The fourth-order valence-corrected chi connectivity index (χ4v) is 4.84. The van der Waals surface area contributed by atoms with Crippen molar-refractivity contribution in [3.63, 3.8) is 0 Å². The summed E-state index contributed by atoms with van der Waals surface area (Å²) in [6, 6.07) is 12.9. The maximum atomic E-state index is 13.7. The van der Waals surface area contributed by atoms with Gasteiger partial charge in [-0.1, -0.05) is 18.3 Å². The fourth-order valence-electron chi connectivity index (χ4n) is 3.82. The second-order valence-corrected chi connectivity index (χ2v) is 8.67. The van der Waals surface area contributed by atoms with E-state index in [1.807, 2.05) is 6.92 Å². The predicted octanol–water partition coefficient (Wildman–Crippen LogP) is 5.44. The summed E-state index contributed by atoms with van der Waals surface area (Å²) in [5, 5.41) is 11.3. The highest BCUT2D eigenvalue weighted by atomic mass is 32.1. The Morgan fingerprint density at radius 1 is 1.21 bits per heavy atom. The second-order valence-electron chi connectivity index (χ2n) is 7.67. The van der Waals surface area contributed by atoms with E-state index < -0.39 is 23.5 Å². The summed E-state index contributed by atoms with van der Waals surface area (Å²) in [5.41, 5.74) is 0.724. The van der Waals surface area contributed by atoms with E-state index in [1.165, 1.54) is 29.4 Å². The van der Waals surface area contributed by atoms with Crippen molar-refractivity contribution in [3.05, 3.63) is 83.6 Å². The number of fused-ring (bicyclic) bond motifs is 1. The number of halogens is 1. The van der Waals surface area contributed by atoms with Gasteiger partial charge in [0.2, 0.25) is 0 Å². The Hall–Kier alpha value is -3.98. The summed E-state index contributed by atoms with van der Waals surface area (Å²) in [7, 11) is 0. The van der Waals surface area contributed by atoms with Crippen LogP contribution < -0.4 is 9.64 Å². The lowest BCUT2D eigenvalue weighted by molar-refractivity contribution is -0.132. The topological polar surface area (TPSA) is 92.9 Å². The van der Waals surface area contributed by atoms with Crippen LogP contribution in [-0.4, -0.2) is 28.4 Å². The van der Waals surface area contributed by atoms with Gasteiger partial charge in [0.05, 0.1) is 28.7 Å². The number of hydrogen-bond donors (Lipinski definition) is 1. The SMILES string of the molecule is CCCOc1ccc(/C(O)=C2\C(=O)C(=O)N(c3nc4ccc(F)cc4s3)C2c2ccco2)cc1. The van der Waals surface area contributed by atoms with Crippen LogP contribution in [0.4, 0.5) is 9.52 Å². The number of carbonyl (C=O) groups excluding carboxylic acids is 2. The first kappa shape index (κ1) is 21.8. The van der Waals surface area contributed by atoms with Gasteiger partial charge < -0.3 is 14.3 Å². The molecule has 1 saturated heterocycles. The number of rotatable bonds is 6. The summed E-state index contributed by atoms with van der Waals surface area (Å²) in [6.07, 6.45) is 2.27. The van der Waals surface area contributed by atoms with Crippen molar-refractivity contribution in [3.8, 4) is 5.75 Å². The number of ketones is 1. The Morgan fingerprint density at radius 2 is 2.00 bits per heavy atom. The molecule has 0 aliphatic carbocycles. The Morgan fingerprint density at radius 3 is 2.71 bits per heavy atom. The van der Waals surface area contributed by atoms with E-state index >= 15 is 0 Å². The maximum absolute atomic E-state index is 13.7. The third-order valence-electron chi connectivity index (χ3n) is 5.40. The number of anilines is 1. The van der Waals surface area contributed by atoms with Gasteiger partial charge in [0.25, 0.3) is 5.78 Å². The molecular formula is C25H19FN2O5S. The number of ether oxygens (including phenoxy) is 1. The third kappa shape index (κ3) is 3.73. The lowest BCUT2D eigenvalue weighted by atomic mass is 9.99. The van der Waals surface area contributed by atoms with Crippen LogP contribution in [0.3, 0.4) is 0 Å². The molecule has 1 unspecified atom stereocenters. The number of Topliss-reactive ketones (excluding diaryl/α,β-unsaturated/α-hetero) is 1. The molecule has 0 radical (unpaired) electrons. The van der Waals surface area contributed by atoms with Gasteiger partial charge in [-0.2, -0.15) is 0 Å². The molecule has 3 heterocycles. The molecule has 4 aromatic rings. The van der Waals surface area contributed by atoms with Crippen LogP contribution in [-0.2, 0) is 9.59 Å². The van der Waals surface area contributed by atoms with Crippen LogP contribution in [0.2, 0.25) is 0 Å². The summed E-state index contributed by atoms with van der Waals surface area (Å²) >= 11 is 1.07. The highest BCUT2D eigenvalue weighted by molar-refractivity contribution is 7.22. The zero-order valence-electron chi connectivity index (χ0n) is 18.0. The van der Waals surface area contributed by atoms with Crippen LogP contribution in [0.5, 0.6) is 5.75 Å². The number of aliphatic hydroxyl groups is 1. The van der Waals surface area contributed by atoms with Crippen molar-refractivity contribution < 1.29 is 28.2 Å². The summed E-state index contributed by atoms with van der Waals surface area (Å²) < 4.78 is 25.3. The minimum atomic E-state index is -1.03. The minimum absolute atomic E-state index is 0.118. The Bertz CT molecular complexity index is 1410. The summed E-state index contributed by atoms with van der Waals surface area (Å²) in [6.45, 7) is 2.55. The maximum Gasteiger partial charge on any atom is 0.302 e. The largest absolute Gasteiger partial charge is 0.507 e. The molecule has 172 valence electrons.